The number of aliphatic hydroxyl groups is 1. The first-order valence-electron chi connectivity index (χ1n) is 9.56. The van der Waals surface area contributed by atoms with E-state index in [4.69, 9.17) is 4.74 Å². The molecule has 3 rings (SSSR count). The number of carbonyl (C=O) groups is 2. The van der Waals surface area contributed by atoms with Crippen LogP contribution in [0.1, 0.15) is 17.2 Å². The minimum absolute atomic E-state index is 0.113. The SMILES string of the molecule is COc1cccc(C(O)=C2C(=O)C(=O)N(CCN(C)C)[C@H]2c2cccc([N+](=O)[O-])c2)c1. The molecule has 0 aliphatic carbocycles. The van der Waals surface area contributed by atoms with Crippen molar-refractivity contribution in [1.29, 1.82) is 0 Å². The Morgan fingerprint density at radius 1 is 1.19 bits per heavy atom. The van der Waals surface area contributed by atoms with E-state index in [9.17, 15) is 24.8 Å². The second kappa shape index (κ2) is 8.97. The average Bonchev–Trinajstić information content (AvgIpc) is 3.02. The molecule has 1 fully saturated rings. The summed E-state index contributed by atoms with van der Waals surface area (Å²) in [5, 5.41) is 22.3. The number of aliphatic hydroxyl groups excluding tert-OH is 1. The van der Waals surface area contributed by atoms with Crippen molar-refractivity contribution >= 4 is 23.1 Å². The summed E-state index contributed by atoms with van der Waals surface area (Å²) in [6.45, 7) is 0.678. The van der Waals surface area contributed by atoms with Crippen LogP contribution in [0.4, 0.5) is 5.69 Å². The van der Waals surface area contributed by atoms with Crippen molar-refractivity contribution in [2.24, 2.45) is 0 Å². The summed E-state index contributed by atoms with van der Waals surface area (Å²) in [6, 6.07) is 11.3. The van der Waals surface area contributed by atoms with Crippen LogP contribution in [0.25, 0.3) is 5.76 Å². The van der Waals surface area contributed by atoms with Crippen LogP contribution in [0.5, 0.6) is 5.75 Å². The van der Waals surface area contributed by atoms with Crippen molar-refractivity contribution in [3.63, 3.8) is 0 Å². The predicted octanol–water partition coefficient (Wildman–Crippen LogP) is 2.59. The van der Waals surface area contributed by atoms with Crippen LogP contribution in [-0.2, 0) is 9.59 Å². The number of non-ortho nitro benzene ring substituents is 1. The highest BCUT2D eigenvalue weighted by Gasteiger charge is 2.46. The minimum atomic E-state index is -0.953. The Morgan fingerprint density at radius 2 is 1.90 bits per heavy atom. The molecule has 31 heavy (non-hydrogen) atoms. The number of ketones is 1. The number of methoxy groups -OCH3 is 1. The summed E-state index contributed by atoms with van der Waals surface area (Å²) in [5.74, 6) is -1.49. The van der Waals surface area contributed by atoms with E-state index in [1.54, 1.807) is 30.3 Å². The number of ether oxygens (including phenoxy) is 1. The molecule has 1 amide bonds. The third-order valence-corrected chi connectivity index (χ3v) is 5.07. The van der Waals surface area contributed by atoms with Crippen LogP contribution < -0.4 is 4.74 Å². The Balaban J connectivity index is 2.19. The molecule has 162 valence electrons. The molecule has 0 bridgehead atoms. The van der Waals surface area contributed by atoms with Crippen LogP contribution in [0.2, 0.25) is 0 Å². The lowest BCUT2D eigenvalue weighted by molar-refractivity contribution is -0.384. The van der Waals surface area contributed by atoms with Gasteiger partial charge in [0, 0.05) is 30.8 Å². The molecule has 1 heterocycles. The first kappa shape index (κ1) is 22.0. The summed E-state index contributed by atoms with van der Waals surface area (Å²) < 4.78 is 5.18. The maximum Gasteiger partial charge on any atom is 0.295 e. The molecule has 1 saturated heterocycles. The lowest BCUT2D eigenvalue weighted by atomic mass is 9.95. The Bertz CT molecular complexity index is 1060. The fourth-order valence-electron chi connectivity index (χ4n) is 3.50. The molecule has 1 atom stereocenters. The van der Waals surface area contributed by atoms with E-state index >= 15 is 0 Å². The van der Waals surface area contributed by atoms with Crippen molar-refractivity contribution in [3.8, 4) is 5.75 Å². The molecule has 1 aliphatic rings. The molecule has 2 aromatic carbocycles. The number of likely N-dealkylation sites (N-methyl/N-ethyl adjacent to an activating group) is 1. The number of Topliss-reactive ketones (excluding diaryl/α,β-unsaturated/α-hetero) is 1. The Kier molecular flexibility index (Phi) is 6.36. The molecule has 0 spiro atoms. The number of rotatable bonds is 7. The number of nitrogens with zero attached hydrogens (tertiary/aromatic N) is 3. The first-order chi connectivity index (χ1) is 14.7. The Labute approximate surface area is 179 Å². The largest absolute Gasteiger partial charge is 0.507 e. The normalized spacial score (nSPS) is 17.9. The highest BCUT2D eigenvalue weighted by Crippen LogP contribution is 2.40. The summed E-state index contributed by atoms with van der Waals surface area (Å²) in [7, 11) is 5.13. The van der Waals surface area contributed by atoms with Gasteiger partial charge >= 0.3 is 0 Å². The number of nitro benzene ring substituents is 1. The van der Waals surface area contributed by atoms with Crippen LogP contribution >= 0.6 is 0 Å². The number of hydrogen-bond acceptors (Lipinski definition) is 7. The summed E-state index contributed by atoms with van der Waals surface area (Å²) in [5.41, 5.74) is 0.395. The third-order valence-electron chi connectivity index (χ3n) is 5.07. The van der Waals surface area contributed by atoms with Crippen molar-refractivity contribution in [1.82, 2.24) is 9.80 Å². The van der Waals surface area contributed by atoms with Crippen LogP contribution in [0, 0.1) is 10.1 Å². The van der Waals surface area contributed by atoms with Crippen molar-refractivity contribution in [2.75, 3.05) is 34.3 Å². The van der Waals surface area contributed by atoms with Gasteiger partial charge in [-0.3, -0.25) is 19.7 Å². The monoisotopic (exact) mass is 425 g/mol. The lowest BCUT2D eigenvalue weighted by Gasteiger charge is -2.26. The number of hydrogen-bond donors (Lipinski definition) is 1. The van der Waals surface area contributed by atoms with E-state index in [-0.39, 0.29) is 23.6 Å². The van der Waals surface area contributed by atoms with Gasteiger partial charge in [-0.2, -0.15) is 0 Å². The fourth-order valence-corrected chi connectivity index (χ4v) is 3.50. The predicted molar refractivity (Wildman–Crippen MR) is 114 cm³/mol. The van der Waals surface area contributed by atoms with Gasteiger partial charge in [0.05, 0.1) is 23.6 Å². The average molecular weight is 425 g/mol. The highest BCUT2D eigenvalue weighted by atomic mass is 16.6. The Hall–Kier alpha value is -3.72. The molecule has 0 unspecified atom stereocenters. The van der Waals surface area contributed by atoms with Crippen molar-refractivity contribution in [2.45, 2.75) is 6.04 Å². The number of nitro groups is 1. The zero-order valence-corrected chi connectivity index (χ0v) is 17.4. The van der Waals surface area contributed by atoms with Gasteiger partial charge in [-0.25, -0.2) is 0 Å². The maximum absolute atomic E-state index is 12.9. The summed E-state index contributed by atoms with van der Waals surface area (Å²) in [6.07, 6.45) is 0. The van der Waals surface area contributed by atoms with Gasteiger partial charge in [0.15, 0.2) is 0 Å². The van der Waals surface area contributed by atoms with Gasteiger partial charge in [0.25, 0.3) is 17.4 Å². The summed E-state index contributed by atoms with van der Waals surface area (Å²) >= 11 is 0. The standard InChI is InChI=1S/C22H23N3O6/c1-23(2)10-11-24-19(14-6-4-8-16(12-14)25(29)30)18(21(27)22(24)28)20(26)15-7-5-9-17(13-15)31-3/h4-9,12-13,19,26H,10-11H2,1-3H3/t19-/m0/s1. The zero-order chi connectivity index (χ0) is 22.7. The first-order valence-corrected chi connectivity index (χ1v) is 9.56. The second-order valence-corrected chi connectivity index (χ2v) is 7.38. The zero-order valence-electron chi connectivity index (χ0n) is 17.4. The van der Waals surface area contributed by atoms with Crippen LogP contribution in [0.3, 0.4) is 0 Å². The van der Waals surface area contributed by atoms with E-state index < -0.39 is 22.7 Å². The van der Waals surface area contributed by atoms with Gasteiger partial charge in [0.2, 0.25) is 0 Å². The van der Waals surface area contributed by atoms with Gasteiger partial charge in [0.1, 0.15) is 11.5 Å². The van der Waals surface area contributed by atoms with E-state index in [1.165, 1.54) is 30.2 Å². The molecular weight excluding hydrogens is 402 g/mol. The van der Waals surface area contributed by atoms with E-state index in [0.29, 0.717) is 23.4 Å². The number of likely N-dealkylation sites (tertiary alicyclic amines) is 1. The summed E-state index contributed by atoms with van der Waals surface area (Å²) in [4.78, 5) is 39.7. The van der Waals surface area contributed by atoms with E-state index in [2.05, 4.69) is 0 Å². The smallest absolute Gasteiger partial charge is 0.295 e. The van der Waals surface area contributed by atoms with Gasteiger partial charge in [-0.05, 0) is 31.8 Å². The van der Waals surface area contributed by atoms with Crippen LogP contribution in [0.15, 0.2) is 54.1 Å². The number of amides is 1. The highest BCUT2D eigenvalue weighted by molar-refractivity contribution is 6.46. The molecule has 0 aromatic heterocycles. The van der Waals surface area contributed by atoms with E-state index in [0.717, 1.165) is 0 Å². The van der Waals surface area contributed by atoms with Crippen molar-refractivity contribution < 1.29 is 24.4 Å². The van der Waals surface area contributed by atoms with Crippen LogP contribution in [-0.4, -0.2) is 65.8 Å². The molecule has 0 saturated carbocycles. The molecule has 1 N–H and O–H groups in total. The maximum atomic E-state index is 12.9. The molecule has 9 heteroatoms. The number of benzene rings is 2. The Morgan fingerprint density at radius 3 is 2.55 bits per heavy atom. The molecular formula is C22H23N3O6. The molecule has 9 nitrogen and oxygen atoms in total. The van der Waals surface area contributed by atoms with Gasteiger partial charge in [-0.15, -0.1) is 0 Å². The molecule has 1 aliphatic heterocycles. The topological polar surface area (TPSA) is 113 Å². The molecule has 0 radical (unpaired) electrons. The quantitative estimate of drug-likeness (QED) is 0.238. The van der Waals surface area contributed by atoms with Crippen molar-refractivity contribution in [3.05, 3.63) is 75.3 Å². The lowest BCUT2D eigenvalue weighted by Crippen LogP contribution is -2.35. The molecule has 2 aromatic rings. The minimum Gasteiger partial charge on any atom is -0.507 e. The van der Waals surface area contributed by atoms with Gasteiger partial charge < -0.3 is 19.6 Å². The van der Waals surface area contributed by atoms with E-state index in [1.807, 2.05) is 19.0 Å². The fraction of sp³-hybridized carbons (Fsp3) is 0.273. The third kappa shape index (κ3) is 4.41. The second-order valence-electron chi connectivity index (χ2n) is 7.38. The number of carbonyl (C=O) groups excluding carboxylic acids is 2. The van der Waals surface area contributed by atoms with Gasteiger partial charge in [-0.1, -0.05) is 24.3 Å².